The van der Waals surface area contributed by atoms with Gasteiger partial charge in [-0.2, -0.15) is 0 Å². The molecule has 0 radical (unpaired) electrons. The quantitative estimate of drug-likeness (QED) is 0.628. The Hall–Kier alpha value is -1.77. The maximum Gasteiger partial charge on any atom is 0.226 e. The minimum atomic E-state index is 0.219. The summed E-state index contributed by atoms with van der Waals surface area (Å²) in [6.07, 6.45) is 7.71. The summed E-state index contributed by atoms with van der Waals surface area (Å²) in [4.78, 5) is 14.8. The van der Waals surface area contributed by atoms with Crippen molar-refractivity contribution in [1.82, 2.24) is 4.90 Å². The molecule has 2 bridgehead atoms. The van der Waals surface area contributed by atoms with Crippen LogP contribution in [0, 0.1) is 17.8 Å². The van der Waals surface area contributed by atoms with Crippen LogP contribution in [0.2, 0.25) is 0 Å². The molecule has 1 heterocycles. The van der Waals surface area contributed by atoms with Gasteiger partial charge in [-0.3, -0.25) is 4.79 Å². The Morgan fingerprint density at radius 1 is 1.25 bits per heavy atom. The fourth-order valence-electron chi connectivity index (χ4n) is 4.09. The lowest BCUT2D eigenvalue weighted by molar-refractivity contribution is -0.137. The number of allylic oxidation sites excluding steroid dienone is 2. The summed E-state index contributed by atoms with van der Waals surface area (Å²) in [6.45, 7) is 1.53. The first-order valence-electron chi connectivity index (χ1n) is 7.55. The normalized spacial score (nSPS) is 30.6. The second kappa shape index (κ2) is 4.37. The van der Waals surface area contributed by atoms with Gasteiger partial charge in [-0.05, 0) is 48.3 Å². The number of carbonyl (C=O) groups is 1. The summed E-state index contributed by atoms with van der Waals surface area (Å²) in [6, 6.07) is 6.08. The molecule has 2 N–H and O–H groups in total. The maximum atomic E-state index is 12.8. The van der Waals surface area contributed by atoms with E-state index in [1.165, 1.54) is 12.0 Å². The third-order valence-corrected chi connectivity index (χ3v) is 5.22. The minimum absolute atomic E-state index is 0.219. The number of carbonyl (C=O) groups excluding carboxylic acids is 1. The van der Waals surface area contributed by atoms with Gasteiger partial charge in [0.2, 0.25) is 5.91 Å². The van der Waals surface area contributed by atoms with Crippen molar-refractivity contribution in [3.05, 3.63) is 41.5 Å². The summed E-state index contributed by atoms with van der Waals surface area (Å²) in [5.41, 5.74) is 9.36. The van der Waals surface area contributed by atoms with Crippen LogP contribution in [0.15, 0.2) is 30.4 Å². The molecule has 4 rings (SSSR count). The number of benzene rings is 1. The van der Waals surface area contributed by atoms with E-state index in [0.717, 1.165) is 30.6 Å². The highest BCUT2D eigenvalue weighted by Crippen LogP contribution is 2.44. The Labute approximate surface area is 119 Å². The van der Waals surface area contributed by atoms with E-state index in [1.54, 1.807) is 0 Å². The number of fused-ring (bicyclic) bond motifs is 3. The van der Waals surface area contributed by atoms with Gasteiger partial charge in [-0.15, -0.1) is 0 Å². The maximum absolute atomic E-state index is 12.8. The van der Waals surface area contributed by atoms with Crippen LogP contribution in [0.4, 0.5) is 5.69 Å². The number of nitrogen functional groups attached to an aromatic ring is 1. The monoisotopic (exact) mass is 268 g/mol. The standard InChI is InChI=1S/C17H20N2O/c18-16-3-1-2-12-6-7-19(10-15(12)16)17(20)14-9-11-4-5-13(14)8-11/h1-5,11,13-14H,6-10,18H2. The third-order valence-electron chi connectivity index (χ3n) is 5.22. The molecule has 104 valence electrons. The highest BCUT2D eigenvalue weighted by atomic mass is 16.2. The van der Waals surface area contributed by atoms with Crippen LogP contribution < -0.4 is 5.73 Å². The van der Waals surface area contributed by atoms with Crippen LogP contribution in [0.5, 0.6) is 0 Å². The summed E-state index contributed by atoms with van der Waals surface area (Å²) >= 11 is 0. The molecule has 3 atom stereocenters. The van der Waals surface area contributed by atoms with Crippen molar-refractivity contribution >= 4 is 11.6 Å². The molecule has 2 aliphatic carbocycles. The zero-order chi connectivity index (χ0) is 13.7. The van der Waals surface area contributed by atoms with Crippen LogP contribution in [0.1, 0.15) is 24.0 Å². The van der Waals surface area contributed by atoms with E-state index in [1.807, 2.05) is 17.0 Å². The SMILES string of the molecule is Nc1cccc2c1CN(C(=O)C1CC3C=CC1C3)CC2. The van der Waals surface area contributed by atoms with Gasteiger partial charge in [0.05, 0.1) is 0 Å². The fourth-order valence-corrected chi connectivity index (χ4v) is 4.09. The van der Waals surface area contributed by atoms with Crippen molar-refractivity contribution in [3.8, 4) is 0 Å². The fraction of sp³-hybridized carbons (Fsp3) is 0.471. The number of hydrogen-bond acceptors (Lipinski definition) is 2. The third kappa shape index (κ3) is 1.76. The van der Waals surface area contributed by atoms with Gasteiger partial charge in [-0.1, -0.05) is 24.3 Å². The van der Waals surface area contributed by atoms with E-state index < -0.39 is 0 Å². The van der Waals surface area contributed by atoms with E-state index in [4.69, 9.17) is 5.73 Å². The topological polar surface area (TPSA) is 46.3 Å². The second-order valence-electron chi connectivity index (χ2n) is 6.38. The van der Waals surface area contributed by atoms with Crippen molar-refractivity contribution < 1.29 is 4.79 Å². The lowest BCUT2D eigenvalue weighted by Gasteiger charge is -2.33. The average molecular weight is 268 g/mol. The molecule has 3 nitrogen and oxygen atoms in total. The van der Waals surface area contributed by atoms with Gasteiger partial charge in [-0.25, -0.2) is 0 Å². The molecule has 20 heavy (non-hydrogen) atoms. The van der Waals surface area contributed by atoms with Gasteiger partial charge in [0.15, 0.2) is 0 Å². The highest BCUT2D eigenvalue weighted by molar-refractivity contribution is 5.80. The molecule has 3 heteroatoms. The first kappa shape index (κ1) is 12.0. The Kier molecular flexibility index (Phi) is 2.62. The molecule has 1 amide bonds. The average Bonchev–Trinajstić information content (AvgIpc) is 3.09. The van der Waals surface area contributed by atoms with Gasteiger partial charge in [0.1, 0.15) is 0 Å². The Balaban J connectivity index is 1.55. The minimum Gasteiger partial charge on any atom is -0.398 e. The van der Waals surface area contributed by atoms with Crippen LogP contribution in [-0.4, -0.2) is 17.4 Å². The largest absolute Gasteiger partial charge is 0.398 e. The predicted molar refractivity (Wildman–Crippen MR) is 78.8 cm³/mol. The lowest BCUT2D eigenvalue weighted by Crippen LogP contribution is -2.41. The van der Waals surface area contributed by atoms with Gasteiger partial charge in [0.25, 0.3) is 0 Å². The molecular weight excluding hydrogens is 248 g/mol. The molecule has 3 unspecified atom stereocenters. The summed E-state index contributed by atoms with van der Waals surface area (Å²) in [5, 5.41) is 0. The van der Waals surface area contributed by atoms with E-state index in [-0.39, 0.29) is 5.92 Å². The zero-order valence-electron chi connectivity index (χ0n) is 11.6. The van der Waals surface area contributed by atoms with Gasteiger partial charge >= 0.3 is 0 Å². The number of rotatable bonds is 1. The number of anilines is 1. The van der Waals surface area contributed by atoms with Crippen molar-refractivity contribution in [3.63, 3.8) is 0 Å². The smallest absolute Gasteiger partial charge is 0.226 e. The van der Waals surface area contributed by atoms with E-state index in [9.17, 15) is 4.79 Å². The molecule has 0 aromatic heterocycles. The van der Waals surface area contributed by atoms with Crippen molar-refractivity contribution in [2.75, 3.05) is 12.3 Å². The van der Waals surface area contributed by atoms with E-state index in [0.29, 0.717) is 24.3 Å². The molecule has 1 aliphatic heterocycles. The Morgan fingerprint density at radius 3 is 2.90 bits per heavy atom. The first-order chi connectivity index (χ1) is 9.72. The van der Waals surface area contributed by atoms with Gasteiger partial charge in [0, 0.05) is 24.7 Å². The van der Waals surface area contributed by atoms with Crippen LogP contribution in [-0.2, 0) is 17.8 Å². The predicted octanol–water partition coefficient (Wildman–Crippen LogP) is 2.37. The summed E-state index contributed by atoms with van der Waals surface area (Å²) in [7, 11) is 0. The van der Waals surface area contributed by atoms with Crippen molar-refractivity contribution in [2.24, 2.45) is 17.8 Å². The summed E-state index contributed by atoms with van der Waals surface area (Å²) < 4.78 is 0. The molecule has 1 fully saturated rings. The van der Waals surface area contributed by atoms with Crippen molar-refractivity contribution in [1.29, 1.82) is 0 Å². The lowest BCUT2D eigenvalue weighted by atomic mass is 9.90. The zero-order valence-corrected chi connectivity index (χ0v) is 11.6. The van der Waals surface area contributed by atoms with E-state index >= 15 is 0 Å². The Bertz CT molecular complexity index is 593. The Morgan fingerprint density at radius 2 is 2.15 bits per heavy atom. The van der Waals surface area contributed by atoms with E-state index in [2.05, 4.69) is 18.2 Å². The van der Waals surface area contributed by atoms with Gasteiger partial charge < -0.3 is 10.6 Å². The molecule has 1 aromatic carbocycles. The molecule has 0 saturated heterocycles. The number of hydrogen-bond donors (Lipinski definition) is 1. The second-order valence-corrected chi connectivity index (χ2v) is 6.38. The molecule has 0 spiro atoms. The highest BCUT2D eigenvalue weighted by Gasteiger charge is 2.41. The van der Waals surface area contributed by atoms with Crippen LogP contribution in [0.3, 0.4) is 0 Å². The number of nitrogens with zero attached hydrogens (tertiary/aromatic N) is 1. The molecule has 1 saturated carbocycles. The first-order valence-corrected chi connectivity index (χ1v) is 7.55. The molecule has 3 aliphatic rings. The summed E-state index contributed by atoms with van der Waals surface area (Å²) in [5.74, 6) is 1.70. The number of nitrogens with two attached hydrogens (primary N) is 1. The van der Waals surface area contributed by atoms with Crippen LogP contribution >= 0.6 is 0 Å². The van der Waals surface area contributed by atoms with Crippen molar-refractivity contribution in [2.45, 2.75) is 25.8 Å². The molecule has 1 aromatic rings. The van der Waals surface area contributed by atoms with Crippen LogP contribution in [0.25, 0.3) is 0 Å². The molecular formula is C17H20N2O. The number of amides is 1.